The van der Waals surface area contributed by atoms with Gasteiger partial charge in [-0.2, -0.15) is 0 Å². The number of hydrogen-bond acceptors (Lipinski definition) is 4. The van der Waals surface area contributed by atoms with Crippen LogP contribution in [0.1, 0.15) is 26.7 Å². The molecule has 5 heteroatoms. The zero-order chi connectivity index (χ0) is 15.1. The lowest BCUT2D eigenvalue weighted by molar-refractivity contribution is -0.148. The first-order valence-electron chi connectivity index (χ1n) is 7.20. The highest BCUT2D eigenvalue weighted by atomic mass is 16.5. The van der Waals surface area contributed by atoms with Crippen molar-refractivity contribution < 1.29 is 14.3 Å². The SMILES string of the molecule is C=C(C)CN(CC)C(=O)CN1CCCC(C(=O)OC)C1. The topological polar surface area (TPSA) is 49.9 Å². The van der Waals surface area contributed by atoms with E-state index in [-0.39, 0.29) is 17.8 Å². The molecule has 5 nitrogen and oxygen atoms in total. The highest BCUT2D eigenvalue weighted by molar-refractivity contribution is 5.78. The van der Waals surface area contributed by atoms with Crippen LogP contribution in [0, 0.1) is 5.92 Å². The highest BCUT2D eigenvalue weighted by Crippen LogP contribution is 2.17. The van der Waals surface area contributed by atoms with Gasteiger partial charge in [0.05, 0.1) is 19.6 Å². The molecule has 1 atom stereocenters. The summed E-state index contributed by atoms with van der Waals surface area (Å²) in [4.78, 5) is 27.7. The van der Waals surface area contributed by atoms with Gasteiger partial charge in [0.25, 0.3) is 0 Å². The van der Waals surface area contributed by atoms with Gasteiger partial charge < -0.3 is 9.64 Å². The van der Waals surface area contributed by atoms with Gasteiger partial charge in [-0.3, -0.25) is 14.5 Å². The average molecular weight is 282 g/mol. The van der Waals surface area contributed by atoms with Crippen LogP contribution in [0.15, 0.2) is 12.2 Å². The molecule has 0 aliphatic carbocycles. The second-order valence-corrected chi connectivity index (χ2v) is 5.46. The zero-order valence-electron chi connectivity index (χ0n) is 12.9. The number of carbonyl (C=O) groups excluding carboxylic acids is 2. The largest absolute Gasteiger partial charge is 0.469 e. The minimum absolute atomic E-state index is 0.0982. The molecular formula is C15H26N2O3. The monoisotopic (exact) mass is 282 g/mol. The lowest BCUT2D eigenvalue weighted by Crippen LogP contribution is -2.46. The Balaban J connectivity index is 2.52. The van der Waals surface area contributed by atoms with Crippen LogP contribution in [0.4, 0.5) is 0 Å². The molecule has 1 rings (SSSR count). The smallest absolute Gasteiger partial charge is 0.309 e. The van der Waals surface area contributed by atoms with E-state index in [2.05, 4.69) is 11.5 Å². The molecule has 0 aromatic rings. The number of piperidine rings is 1. The Morgan fingerprint density at radius 2 is 2.15 bits per heavy atom. The van der Waals surface area contributed by atoms with Crippen LogP contribution in [-0.2, 0) is 14.3 Å². The summed E-state index contributed by atoms with van der Waals surface area (Å²) >= 11 is 0. The molecule has 1 heterocycles. The predicted molar refractivity (Wildman–Crippen MR) is 78.2 cm³/mol. The number of ether oxygens (including phenoxy) is 1. The van der Waals surface area contributed by atoms with E-state index in [0.717, 1.165) is 25.0 Å². The third-order valence-electron chi connectivity index (χ3n) is 3.59. The van der Waals surface area contributed by atoms with Gasteiger partial charge in [-0.05, 0) is 33.2 Å². The van der Waals surface area contributed by atoms with E-state index in [1.165, 1.54) is 7.11 Å². The minimum Gasteiger partial charge on any atom is -0.469 e. The first-order chi connectivity index (χ1) is 9.47. The van der Waals surface area contributed by atoms with E-state index in [1.807, 2.05) is 13.8 Å². The molecule has 1 saturated heterocycles. The van der Waals surface area contributed by atoms with Gasteiger partial charge in [-0.1, -0.05) is 12.2 Å². The van der Waals surface area contributed by atoms with Crippen molar-refractivity contribution in [2.24, 2.45) is 5.92 Å². The van der Waals surface area contributed by atoms with Crippen LogP contribution in [0.25, 0.3) is 0 Å². The molecule has 0 saturated carbocycles. The number of carbonyl (C=O) groups is 2. The van der Waals surface area contributed by atoms with Crippen molar-refractivity contribution in [3.8, 4) is 0 Å². The van der Waals surface area contributed by atoms with Crippen molar-refractivity contribution in [2.45, 2.75) is 26.7 Å². The molecule has 0 spiro atoms. The Labute approximate surface area is 121 Å². The molecule has 1 amide bonds. The molecule has 1 aliphatic heterocycles. The fourth-order valence-electron chi connectivity index (χ4n) is 2.55. The van der Waals surface area contributed by atoms with Crippen LogP contribution in [0.5, 0.6) is 0 Å². The second kappa shape index (κ2) is 8.04. The van der Waals surface area contributed by atoms with Crippen molar-refractivity contribution in [3.63, 3.8) is 0 Å². The molecule has 0 aromatic heterocycles. The van der Waals surface area contributed by atoms with Gasteiger partial charge >= 0.3 is 5.97 Å². The van der Waals surface area contributed by atoms with E-state index >= 15 is 0 Å². The summed E-state index contributed by atoms with van der Waals surface area (Å²) in [5.74, 6) is -0.171. The first-order valence-corrected chi connectivity index (χ1v) is 7.20. The summed E-state index contributed by atoms with van der Waals surface area (Å²) in [5.41, 5.74) is 0.978. The lowest BCUT2D eigenvalue weighted by Gasteiger charge is -2.32. The first kappa shape index (κ1) is 16.7. The molecule has 0 radical (unpaired) electrons. The van der Waals surface area contributed by atoms with Gasteiger partial charge in [0.2, 0.25) is 5.91 Å². The Bertz CT molecular complexity index is 368. The summed E-state index contributed by atoms with van der Waals surface area (Å²) < 4.78 is 4.79. The maximum absolute atomic E-state index is 12.3. The van der Waals surface area contributed by atoms with Gasteiger partial charge in [-0.25, -0.2) is 0 Å². The maximum atomic E-state index is 12.3. The Morgan fingerprint density at radius 3 is 2.70 bits per heavy atom. The summed E-state index contributed by atoms with van der Waals surface area (Å²) in [6.07, 6.45) is 1.78. The quantitative estimate of drug-likeness (QED) is 0.544. The Hall–Kier alpha value is -1.36. The van der Waals surface area contributed by atoms with Crippen molar-refractivity contribution >= 4 is 11.9 Å². The second-order valence-electron chi connectivity index (χ2n) is 5.46. The van der Waals surface area contributed by atoms with E-state index in [4.69, 9.17) is 4.74 Å². The molecule has 1 aliphatic rings. The Morgan fingerprint density at radius 1 is 1.45 bits per heavy atom. The van der Waals surface area contributed by atoms with Crippen LogP contribution < -0.4 is 0 Å². The van der Waals surface area contributed by atoms with Crippen LogP contribution >= 0.6 is 0 Å². The van der Waals surface area contributed by atoms with E-state index in [0.29, 0.717) is 26.2 Å². The van der Waals surface area contributed by atoms with Crippen molar-refractivity contribution in [1.82, 2.24) is 9.80 Å². The van der Waals surface area contributed by atoms with Crippen molar-refractivity contribution in [3.05, 3.63) is 12.2 Å². The number of likely N-dealkylation sites (N-methyl/N-ethyl adjacent to an activating group) is 1. The lowest BCUT2D eigenvalue weighted by atomic mass is 9.98. The zero-order valence-corrected chi connectivity index (χ0v) is 12.9. The van der Waals surface area contributed by atoms with Gasteiger partial charge in [0.15, 0.2) is 0 Å². The van der Waals surface area contributed by atoms with Crippen molar-refractivity contribution in [1.29, 1.82) is 0 Å². The van der Waals surface area contributed by atoms with E-state index in [9.17, 15) is 9.59 Å². The van der Waals surface area contributed by atoms with Gasteiger partial charge in [0, 0.05) is 19.6 Å². The number of hydrogen-bond donors (Lipinski definition) is 0. The number of amides is 1. The van der Waals surface area contributed by atoms with E-state index in [1.54, 1.807) is 4.90 Å². The average Bonchev–Trinajstić information content (AvgIpc) is 2.43. The standard InChI is InChI=1S/C15H26N2O3/c1-5-17(9-12(2)3)14(18)11-16-8-6-7-13(10-16)15(19)20-4/h13H,2,5-11H2,1,3-4H3. The molecule has 20 heavy (non-hydrogen) atoms. The van der Waals surface area contributed by atoms with Crippen LogP contribution in [-0.4, -0.2) is 61.5 Å². The van der Waals surface area contributed by atoms with E-state index < -0.39 is 0 Å². The van der Waals surface area contributed by atoms with Gasteiger partial charge in [0.1, 0.15) is 0 Å². The number of rotatable bonds is 6. The summed E-state index contributed by atoms with van der Waals surface area (Å²) in [6.45, 7) is 10.9. The summed E-state index contributed by atoms with van der Waals surface area (Å²) in [5, 5.41) is 0. The summed E-state index contributed by atoms with van der Waals surface area (Å²) in [6, 6.07) is 0. The molecule has 1 unspecified atom stereocenters. The Kier molecular flexibility index (Phi) is 6.71. The normalized spacial score (nSPS) is 19.4. The molecule has 0 bridgehead atoms. The van der Waals surface area contributed by atoms with Crippen molar-refractivity contribution in [2.75, 3.05) is 39.8 Å². The third-order valence-corrected chi connectivity index (χ3v) is 3.59. The third kappa shape index (κ3) is 4.96. The fraction of sp³-hybridized carbons (Fsp3) is 0.733. The summed E-state index contributed by atoms with van der Waals surface area (Å²) in [7, 11) is 1.41. The van der Waals surface area contributed by atoms with Crippen LogP contribution in [0.2, 0.25) is 0 Å². The maximum Gasteiger partial charge on any atom is 0.309 e. The number of esters is 1. The molecule has 1 fully saturated rings. The highest BCUT2D eigenvalue weighted by Gasteiger charge is 2.28. The molecule has 0 N–H and O–H groups in total. The predicted octanol–water partition coefficient (Wildman–Crippen LogP) is 1.30. The molecule has 114 valence electrons. The van der Waals surface area contributed by atoms with Gasteiger partial charge in [-0.15, -0.1) is 0 Å². The molecular weight excluding hydrogens is 256 g/mol. The minimum atomic E-state index is -0.170. The molecule has 0 aromatic carbocycles. The number of methoxy groups -OCH3 is 1. The number of nitrogens with zero attached hydrogens (tertiary/aromatic N) is 2. The fourth-order valence-corrected chi connectivity index (χ4v) is 2.55. The number of likely N-dealkylation sites (tertiary alicyclic amines) is 1. The van der Waals surface area contributed by atoms with Crippen LogP contribution in [0.3, 0.4) is 0 Å².